The summed E-state index contributed by atoms with van der Waals surface area (Å²) in [6.07, 6.45) is 6.03. The number of hydrogen-bond acceptors (Lipinski definition) is 7. The van der Waals surface area contributed by atoms with Gasteiger partial charge in [0.05, 0.1) is 12.9 Å². The number of nitrogens with one attached hydrogen (secondary N) is 2. The molecule has 1 aliphatic rings. The number of thiophene rings is 1. The van der Waals surface area contributed by atoms with E-state index in [1.54, 1.807) is 11.3 Å². The number of nitrogens with two attached hydrogens (primary N) is 1. The van der Waals surface area contributed by atoms with Crippen LogP contribution in [0.25, 0.3) is 21.6 Å². The number of aromatic nitrogens is 4. The Kier molecular flexibility index (Phi) is 7.94. The lowest BCUT2D eigenvalue weighted by molar-refractivity contribution is 0.410. The van der Waals surface area contributed by atoms with Crippen molar-refractivity contribution in [1.29, 1.82) is 0 Å². The molecule has 0 spiro atoms. The van der Waals surface area contributed by atoms with Crippen LogP contribution in [0.15, 0.2) is 42.7 Å². The summed E-state index contributed by atoms with van der Waals surface area (Å²) in [5.41, 5.74) is 10.3. The van der Waals surface area contributed by atoms with Crippen LogP contribution in [0, 0.1) is 6.92 Å². The van der Waals surface area contributed by atoms with Crippen molar-refractivity contribution in [3.05, 3.63) is 53.2 Å². The second-order valence-corrected chi connectivity index (χ2v) is 10.7. The maximum Gasteiger partial charge on any atom is 0.227 e. The predicted molar refractivity (Wildman–Crippen MR) is 149 cm³/mol. The second-order valence-electron chi connectivity index (χ2n) is 9.56. The Morgan fingerprint density at radius 1 is 1.11 bits per heavy atom. The molecule has 4 N–H and O–H groups in total. The zero-order valence-corrected chi connectivity index (χ0v) is 22.1. The normalized spacial score (nSPS) is 18.0. The summed E-state index contributed by atoms with van der Waals surface area (Å²) >= 11 is 1.80. The first kappa shape index (κ1) is 25.4. The molecule has 4 aromatic rings. The molecule has 0 amide bonds. The summed E-state index contributed by atoms with van der Waals surface area (Å²) in [4.78, 5) is 16.9. The highest BCUT2D eigenvalue weighted by atomic mass is 35.5. The van der Waals surface area contributed by atoms with Crippen LogP contribution in [0.2, 0.25) is 0 Å². The third-order valence-electron chi connectivity index (χ3n) is 6.48. The third-order valence-corrected chi connectivity index (χ3v) is 7.61. The average molecular weight is 512 g/mol. The number of rotatable bonds is 7. The molecule has 0 radical (unpaired) electrons. The van der Waals surface area contributed by atoms with E-state index in [9.17, 15) is 0 Å². The monoisotopic (exact) mass is 511 g/mol. The third kappa shape index (κ3) is 5.77. The number of fused-ring (bicyclic) bond motifs is 1. The molecule has 3 aromatic heterocycles. The Morgan fingerprint density at radius 3 is 2.66 bits per heavy atom. The van der Waals surface area contributed by atoms with Gasteiger partial charge in [0.25, 0.3) is 0 Å². The van der Waals surface area contributed by atoms with Crippen molar-refractivity contribution in [1.82, 2.24) is 19.5 Å². The Morgan fingerprint density at radius 2 is 1.91 bits per heavy atom. The van der Waals surface area contributed by atoms with Crippen LogP contribution in [-0.2, 0) is 6.54 Å². The molecule has 1 saturated carbocycles. The van der Waals surface area contributed by atoms with Crippen LogP contribution >= 0.6 is 23.7 Å². The molecule has 7 nitrogen and oxygen atoms in total. The SMILES string of the molecule is Cc1cccc(-c2ccc(CNc3nc(NC4CCC(N)CC4)nc4c3ncn4C(C)C)s2)c1.Cl. The van der Waals surface area contributed by atoms with Crippen molar-refractivity contribution in [3.8, 4) is 10.4 Å². The first-order valence-corrected chi connectivity index (χ1v) is 12.9. The van der Waals surface area contributed by atoms with E-state index in [-0.39, 0.29) is 18.4 Å². The number of aryl methyl sites for hydroxylation is 1. The van der Waals surface area contributed by atoms with Crippen LogP contribution < -0.4 is 16.4 Å². The molecule has 0 atom stereocenters. The van der Waals surface area contributed by atoms with Gasteiger partial charge in [-0.15, -0.1) is 23.7 Å². The first-order valence-electron chi connectivity index (χ1n) is 12.1. The van der Waals surface area contributed by atoms with Crippen LogP contribution in [0.3, 0.4) is 0 Å². The molecule has 0 unspecified atom stereocenters. The number of halogens is 1. The second kappa shape index (κ2) is 10.9. The smallest absolute Gasteiger partial charge is 0.227 e. The van der Waals surface area contributed by atoms with Gasteiger partial charge in [-0.1, -0.05) is 29.8 Å². The van der Waals surface area contributed by atoms with Crippen LogP contribution in [0.5, 0.6) is 0 Å². The maximum absolute atomic E-state index is 6.09. The standard InChI is InChI=1S/C26H33N7S.ClH/c1-16(2)33-15-29-23-24(31-26(32-25(23)33)30-20-9-7-19(27)8-10-20)28-14-21-11-12-22(34-21)18-6-4-5-17(3)13-18;/h4-6,11-13,15-16,19-20H,7-10,14,27H2,1-3H3,(H2,28,30,31,32);1H. The average Bonchev–Trinajstić information content (AvgIpc) is 3.46. The predicted octanol–water partition coefficient (Wildman–Crippen LogP) is 6.16. The quantitative estimate of drug-likeness (QED) is 0.275. The molecule has 1 aliphatic carbocycles. The van der Waals surface area contributed by atoms with Gasteiger partial charge in [-0.2, -0.15) is 9.97 Å². The van der Waals surface area contributed by atoms with Gasteiger partial charge in [-0.25, -0.2) is 4.98 Å². The zero-order valence-electron chi connectivity index (χ0n) is 20.5. The first-order chi connectivity index (χ1) is 16.5. The lowest BCUT2D eigenvalue weighted by atomic mass is 9.92. The fourth-order valence-corrected chi connectivity index (χ4v) is 5.47. The lowest BCUT2D eigenvalue weighted by Crippen LogP contribution is -2.33. The van der Waals surface area contributed by atoms with Gasteiger partial charge in [0.1, 0.15) is 0 Å². The Bertz CT molecular complexity index is 1270. The zero-order chi connectivity index (χ0) is 23.7. The molecule has 0 saturated heterocycles. The van der Waals surface area contributed by atoms with Gasteiger partial charge in [-0.05, 0) is 64.2 Å². The van der Waals surface area contributed by atoms with Crippen molar-refractivity contribution in [2.75, 3.05) is 10.6 Å². The molecule has 9 heteroatoms. The summed E-state index contributed by atoms with van der Waals surface area (Å²) in [7, 11) is 0. The molecule has 0 bridgehead atoms. The van der Waals surface area contributed by atoms with E-state index in [4.69, 9.17) is 15.7 Å². The fraction of sp³-hybridized carbons (Fsp3) is 0.423. The molecule has 5 rings (SSSR count). The van der Waals surface area contributed by atoms with Crippen molar-refractivity contribution in [2.45, 2.75) is 71.1 Å². The number of benzene rings is 1. The minimum atomic E-state index is 0. The summed E-state index contributed by atoms with van der Waals surface area (Å²) in [6.45, 7) is 7.10. The molecule has 0 aliphatic heterocycles. The van der Waals surface area contributed by atoms with Crippen molar-refractivity contribution < 1.29 is 0 Å². The molecular weight excluding hydrogens is 478 g/mol. The fourth-order valence-electron chi connectivity index (χ4n) is 4.53. The number of nitrogens with zero attached hydrogens (tertiary/aromatic N) is 4. The van der Waals surface area contributed by atoms with E-state index in [1.165, 1.54) is 20.9 Å². The van der Waals surface area contributed by atoms with Crippen molar-refractivity contribution in [2.24, 2.45) is 5.73 Å². The van der Waals surface area contributed by atoms with Gasteiger partial charge >= 0.3 is 0 Å². The molecule has 186 valence electrons. The van der Waals surface area contributed by atoms with Gasteiger partial charge in [0, 0.05) is 27.9 Å². The van der Waals surface area contributed by atoms with Crippen molar-refractivity contribution in [3.63, 3.8) is 0 Å². The topological polar surface area (TPSA) is 93.7 Å². The minimum Gasteiger partial charge on any atom is -0.363 e. The highest BCUT2D eigenvalue weighted by Crippen LogP contribution is 2.30. The highest BCUT2D eigenvalue weighted by Gasteiger charge is 2.21. The Hall–Kier alpha value is -2.68. The number of hydrogen-bond donors (Lipinski definition) is 3. The Labute approximate surface area is 217 Å². The summed E-state index contributed by atoms with van der Waals surface area (Å²) in [5, 5.41) is 7.10. The van der Waals surface area contributed by atoms with E-state index < -0.39 is 0 Å². The van der Waals surface area contributed by atoms with Gasteiger partial charge < -0.3 is 20.9 Å². The van der Waals surface area contributed by atoms with Crippen LogP contribution in [-0.4, -0.2) is 31.6 Å². The van der Waals surface area contributed by atoms with Crippen LogP contribution in [0.1, 0.15) is 56.0 Å². The summed E-state index contributed by atoms with van der Waals surface area (Å²) in [6, 6.07) is 14.0. The largest absolute Gasteiger partial charge is 0.363 e. The molecule has 1 fully saturated rings. The van der Waals surface area contributed by atoms with E-state index >= 15 is 0 Å². The van der Waals surface area contributed by atoms with E-state index in [0.29, 0.717) is 24.6 Å². The molecular formula is C26H34ClN7S. The highest BCUT2D eigenvalue weighted by molar-refractivity contribution is 7.15. The minimum absolute atomic E-state index is 0. The van der Waals surface area contributed by atoms with E-state index in [0.717, 1.165) is 42.7 Å². The molecule has 35 heavy (non-hydrogen) atoms. The molecule has 3 heterocycles. The summed E-state index contributed by atoms with van der Waals surface area (Å²) < 4.78 is 2.10. The maximum atomic E-state index is 6.09. The van der Waals surface area contributed by atoms with Gasteiger partial charge in [-0.3, -0.25) is 0 Å². The summed E-state index contributed by atoms with van der Waals surface area (Å²) in [5.74, 6) is 1.43. The van der Waals surface area contributed by atoms with Gasteiger partial charge in [0.15, 0.2) is 17.0 Å². The molecule has 1 aromatic carbocycles. The number of anilines is 2. The van der Waals surface area contributed by atoms with E-state index in [1.807, 2.05) is 6.33 Å². The van der Waals surface area contributed by atoms with Crippen LogP contribution in [0.4, 0.5) is 11.8 Å². The Balaban J connectivity index is 0.00000289. The number of imidazole rings is 1. The van der Waals surface area contributed by atoms with Crippen molar-refractivity contribution >= 4 is 46.7 Å². The lowest BCUT2D eigenvalue weighted by Gasteiger charge is -2.27. The van der Waals surface area contributed by atoms with Gasteiger partial charge in [0.2, 0.25) is 5.95 Å². The van der Waals surface area contributed by atoms with E-state index in [2.05, 4.69) is 77.4 Å².